The van der Waals surface area contributed by atoms with E-state index in [1.807, 2.05) is 0 Å². The van der Waals surface area contributed by atoms with E-state index in [-0.39, 0.29) is 17.9 Å². The van der Waals surface area contributed by atoms with Crippen LogP contribution in [0.3, 0.4) is 0 Å². The number of carbonyl (C=O) groups is 2. The average molecular weight is 288 g/mol. The highest BCUT2D eigenvalue weighted by molar-refractivity contribution is 8.00. The van der Waals surface area contributed by atoms with Crippen LogP contribution in [0.5, 0.6) is 0 Å². The van der Waals surface area contributed by atoms with Gasteiger partial charge in [0.2, 0.25) is 11.8 Å². The van der Waals surface area contributed by atoms with Crippen LogP contribution in [0.25, 0.3) is 0 Å². The first-order valence-electron chi connectivity index (χ1n) is 6.90. The number of nitrogens with zero attached hydrogens (tertiary/aromatic N) is 1. The third-order valence-electron chi connectivity index (χ3n) is 3.17. The van der Waals surface area contributed by atoms with Gasteiger partial charge in [0.25, 0.3) is 0 Å². The summed E-state index contributed by atoms with van der Waals surface area (Å²) < 4.78 is 5.20. The lowest BCUT2D eigenvalue weighted by molar-refractivity contribution is -0.132. The molecule has 0 unspecified atom stereocenters. The Bertz CT molecular complexity index is 290. The van der Waals surface area contributed by atoms with Gasteiger partial charge in [-0.25, -0.2) is 0 Å². The highest BCUT2D eigenvalue weighted by Gasteiger charge is 2.17. The van der Waals surface area contributed by atoms with Crippen molar-refractivity contribution in [1.29, 1.82) is 0 Å². The molecule has 2 amide bonds. The first-order chi connectivity index (χ1) is 9.17. The fourth-order valence-corrected chi connectivity index (χ4v) is 2.63. The zero-order valence-electron chi connectivity index (χ0n) is 11.8. The molecule has 0 atom stereocenters. The third kappa shape index (κ3) is 6.29. The zero-order valence-corrected chi connectivity index (χ0v) is 12.6. The van der Waals surface area contributed by atoms with Gasteiger partial charge >= 0.3 is 0 Å². The Morgan fingerprint density at radius 3 is 2.42 bits per heavy atom. The Morgan fingerprint density at radius 2 is 1.84 bits per heavy atom. The number of hydrogen-bond donors (Lipinski definition) is 1. The molecule has 1 rings (SSSR count). The quantitative estimate of drug-likeness (QED) is 0.755. The summed E-state index contributed by atoms with van der Waals surface area (Å²) in [7, 11) is 0. The minimum atomic E-state index is 0.0217. The summed E-state index contributed by atoms with van der Waals surface area (Å²) in [6, 6.07) is 0.253. The Hall–Kier alpha value is -0.750. The normalized spacial score (nSPS) is 15.6. The summed E-state index contributed by atoms with van der Waals surface area (Å²) in [6.45, 7) is 6.68. The molecule has 6 heteroatoms. The maximum absolute atomic E-state index is 11.8. The molecule has 0 aromatic rings. The molecule has 110 valence electrons. The van der Waals surface area contributed by atoms with Gasteiger partial charge in [-0.15, -0.1) is 11.8 Å². The first-order valence-corrected chi connectivity index (χ1v) is 8.05. The standard InChI is InChI=1S/C13H24N2O3S/c1-3-11(4-2)14-12(16)9-19-10-13(17)15-5-7-18-8-6-15/h11H,3-10H2,1-2H3,(H,14,16). The molecule has 0 saturated carbocycles. The van der Waals surface area contributed by atoms with Gasteiger partial charge in [-0.3, -0.25) is 9.59 Å². The summed E-state index contributed by atoms with van der Waals surface area (Å²) in [5, 5.41) is 2.96. The van der Waals surface area contributed by atoms with Gasteiger partial charge in [-0.05, 0) is 12.8 Å². The lowest BCUT2D eigenvalue weighted by atomic mass is 10.2. The topological polar surface area (TPSA) is 58.6 Å². The van der Waals surface area contributed by atoms with Crippen LogP contribution in [-0.4, -0.2) is 60.6 Å². The molecule has 1 N–H and O–H groups in total. The van der Waals surface area contributed by atoms with E-state index in [1.54, 1.807) is 4.90 Å². The molecule has 0 aromatic heterocycles. The Labute approximate surface area is 119 Å². The number of ether oxygens (including phenoxy) is 1. The van der Waals surface area contributed by atoms with Crippen molar-refractivity contribution in [3.05, 3.63) is 0 Å². The van der Waals surface area contributed by atoms with Gasteiger partial charge in [-0.1, -0.05) is 13.8 Å². The lowest BCUT2D eigenvalue weighted by Gasteiger charge is -2.26. The van der Waals surface area contributed by atoms with Crippen molar-refractivity contribution in [2.45, 2.75) is 32.7 Å². The lowest BCUT2D eigenvalue weighted by Crippen LogP contribution is -2.42. The van der Waals surface area contributed by atoms with E-state index in [2.05, 4.69) is 19.2 Å². The van der Waals surface area contributed by atoms with E-state index < -0.39 is 0 Å². The van der Waals surface area contributed by atoms with Crippen LogP contribution < -0.4 is 5.32 Å². The first kappa shape index (κ1) is 16.3. The van der Waals surface area contributed by atoms with Gasteiger partial charge < -0.3 is 15.0 Å². The van der Waals surface area contributed by atoms with Crippen LogP contribution >= 0.6 is 11.8 Å². The molecular weight excluding hydrogens is 264 g/mol. The predicted molar refractivity (Wildman–Crippen MR) is 77.2 cm³/mol. The molecule has 5 nitrogen and oxygen atoms in total. The van der Waals surface area contributed by atoms with Crippen molar-refractivity contribution in [2.75, 3.05) is 37.8 Å². The molecule has 19 heavy (non-hydrogen) atoms. The molecule has 0 spiro atoms. The van der Waals surface area contributed by atoms with Gasteiger partial charge in [0.05, 0.1) is 24.7 Å². The second-order valence-electron chi connectivity index (χ2n) is 4.57. The summed E-state index contributed by atoms with van der Waals surface area (Å²) in [6.07, 6.45) is 1.89. The zero-order chi connectivity index (χ0) is 14.1. The fraction of sp³-hybridized carbons (Fsp3) is 0.846. The van der Waals surface area contributed by atoms with Crippen LogP contribution in [0.4, 0.5) is 0 Å². The van der Waals surface area contributed by atoms with E-state index in [1.165, 1.54) is 11.8 Å². The average Bonchev–Trinajstić information content (AvgIpc) is 2.45. The smallest absolute Gasteiger partial charge is 0.232 e. The number of morpholine rings is 1. The molecule has 0 aromatic carbocycles. The number of nitrogens with one attached hydrogen (secondary N) is 1. The second-order valence-corrected chi connectivity index (χ2v) is 5.55. The van der Waals surface area contributed by atoms with Gasteiger partial charge in [-0.2, -0.15) is 0 Å². The van der Waals surface area contributed by atoms with Crippen molar-refractivity contribution in [1.82, 2.24) is 10.2 Å². The monoisotopic (exact) mass is 288 g/mol. The largest absolute Gasteiger partial charge is 0.378 e. The van der Waals surface area contributed by atoms with Crippen LogP contribution in [0.1, 0.15) is 26.7 Å². The molecule has 1 saturated heterocycles. The molecule has 1 aliphatic heterocycles. The number of thioether (sulfide) groups is 1. The van der Waals surface area contributed by atoms with E-state index in [9.17, 15) is 9.59 Å². The van der Waals surface area contributed by atoms with Crippen molar-refractivity contribution in [2.24, 2.45) is 0 Å². The van der Waals surface area contributed by atoms with Crippen molar-refractivity contribution in [3.63, 3.8) is 0 Å². The van der Waals surface area contributed by atoms with E-state index >= 15 is 0 Å². The molecule has 0 radical (unpaired) electrons. The molecular formula is C13H24N2O3S. The van der Waals surface area contributed by atoms with Gasteiger partial charge in [0, 0.05) is 19.1 Å². The highest BCUT2D eigenvalue weighted by Crippen LogP contribution is 2.06. The Morgan fingerprint density at radius 1 is 1.21 bits per heavy atom. The van der Waals surface area contributed by atoms with Crippen molar-refractivity contribution in [3.8, 4) is 0 Å². The summed E-state index contributed by atoms with van der Waals surface area (Å²) in [4.78, 5) is 25.3. The number of rotatable bonds is 7. The predicted octanol–water partition coefficient (Wildman–Crippen LogP) is 0.883. The molecule has 0 bridgehead atoms. The SMILES string of the molecule is CCC(CC)NC(=O)CSCC(=O)N1CCOCC1. The van der Waals surface area contributed by atoms with Crippen LogP contribution in [-0.2, 0) is 14.3 Å². The van der Waals surface area contributed by atoms with Crippen molar-refractivity contribution >= 4 is 23.6 Å². The van der Waals surface area contributed by atoms with Crippen molar-refractivity contribution < 1.29 is 14.3 Å². The highest BCUT2D eigenvalue weighted by atomic mass is 32.2. The summed E-state index contributed by atoms with van der Waals surface area (Å²) in [5.74, 6) is 0.847. The molecule has 1 fully saturated rings. The molecule has 1 heterocycles. The van der Waals surface area contributed by atoms with E-state index in [4.69, 9.17) is 4.74 Å². The Balaban J connectivity index is 2.15. The molecule has 0 aliphatic carbocycles. The summed E-state index contributed by atoms with van der Waals surface area (Å²) in [5.41, 5.74) is 0. The number of amides is 2. The number of carbonyl (C=O) groups excluding carboxylic acids is 2. The van der Waals surface area contributed by atoms with E-state index in [0.717, 1.165) is 12.8 Å². The molecule has 1 aliphatic rings. The minimum Gasteiger partial charge on any atom is -0.378 e. The number of hydrogen-bond acceptors (Lipinski definition) is 4. The fourth-order valence-electron chi connectivity index (χ4n) is 1.90. The minimum absolute atomic E-state index is 0.0217. The third-order valence-corrected chi connectivity index (χ3v) is 4.09. The Kier molecular flexibility index (Phi) is 7.90. The second kappa shape index (κ2) is 9.20. The maximum Gasteiger partial charge on any atom is 0.232 e. The maximum atomic E-state index is 11.8. The van der Waals surface area contributed by atoms with Crippen LogP contribution in [0.15, 0.2) is 0 Å². The van der Waals surface area contributed by atoms with Crippen LogP contribution in [0.2, 0.25) is 0 Å². The van der Waals surface area contributed by atoms with Gasteiger partial charge in [0.15, 0.2) is 0 Å². The van der Waals surface area contributed by atoms with Gasteiger partial charge in [0.1, 0.15) is 0 Å². The van der Waals surface area contributed by atoms with E-state index in [0.29, 0.717) is 37.8 Å². The summed E-state index contributed by atoms with van der Waals surface area (Å²) >= 11 is 1.38. The van der Waals surface area contributed by atoms with Crippen LogP contribution in [0, 0.1) is 0 Å².